The van der Waals surface area contributed by atoms with Gasteiger partial charge in [0.25, 0.3) is 5.91 Å². The summed E-state index contributed by atoms with van der Waals surface area (Å²) in [4.78, 5) is 20.9. The van der Waals surface area contributed by atoms with Gasteiger partial charge < -0.3 is 14.6 Å². The second-order valence-corrected chi connectivity index (χ2v) is 8.52. The molecule has 7 nitrogen and oxygen atoms in total. The van der Waals surface area contributed by atoms with Crippen LogP contribution in [0.3, 0.4) is 0 Å². The molecule has 0 saturated carbocycles. The van der Waals surface area contributed by atoms with Crippen molar-refractivity contribution in [3.63, 3.8) is 0 Å². The molecule has 1 atom stereocenters. The number of imidazole rings is 1. The smallest absolute Gasteiger partial charge is 0.274 e. The summed E-state index contributed by atoms with van der Waals surface area (Å²) >= 11 is 0. The van der Waals surface area contributed by atoms with Crippen molar-refractivity contribution in [3.8, 4) is 0 Å². The number of carbonyl (C=O) groups excluding carboxylic acids is 1. The van der Waals surface area contributed by atoms with Gasteiger partial charge in [-0.3, -0.25) is 4.79 Å². The number of aromatic amines is 1. The summed E-state index contributed by atoms with van der Waals surface area (Å²) in [5, 5.41) is 0. The topological polar surface area (TPSA) is 92.4 Å². The number of likely N-dealkylation sites (tertiary alicyclic amines) is 1. The van der Waals surface area contributed by atoms with Crippen LogP contribution in [0.2, 0.25) is 0 Å². The van der Waals surface area contributed by atoms with E-state index in [2.05, 4.69) is 9.97 Å². The summed E-state index contributed by atoms with van der Waals surface area (Å²) in [6, 6.07) is 0. The quantitative estimate of drug-likeness (QED) is 0.863. The molecule has 0 aliphatic carbocycles. The lowest BCUT2D eigenvalue weighted by Gasteiger charge is -2.49. The number of ether oxygens (including phenoxy) is 1. The summed E-state index contributed by atoms with van der Waals surface area (Å²) in [6.07, 6.45) is 2.09. The Hall–Kier alpha value is -1.41. The average Bonchev–Trinajstić information content (AvgIpc) is 2.95. The average molecular weight is 327 g/mol. The highest BCUT2D eigenvalue weighted by atomic mass is 32.2. The van der Waals surface area contributed by atoms with Gasteiger partial charge in [0.2, 0.25) is 0 Å². The minimum Gasteiger partial charge on any atom is -0.381 e. The molecule has 1 amide bonds. The van der Waals surface area contributed by atoms with Crippen LogP contribution in [0.5, 0.6) is 0 Å². The van der Waals surface area contributed by atoms with Crippen molar-refractivity contribution < 1.29 is 17.9 Å². The second kappa shape index (κ2) is 5.34. The van der Waals surface area contributed by atoms with Crippen LogP contribution >= 0.6 is 0 Å². The Morgan fingerprint density at radius 1 is 1.55 bits per heavy atom. The summed E-state index contributed by atoms with van der Waals surface area (Å²) in [5.41, 5.74) is 1.07. The lowest BCUT2D eigenvalue weighted by atomic mass is 9.83. The molecule has 3 rings (SSSR count). The Morgan fingerprint density at radius 2 is 2.27 bits per heavy atom. The van der Waals surface area contributed by atoms with Gasteiger partial charge in [-0.2, -0.15) is 0 Å². The Kier molecular flexibility index (Phi) is 3.76. The first kappa shape index (κ1) is 15.5. The van der Waals surface area contributed by atoms with Gasteiger partial charge in [-0.1, -0.05) is 0 Å². The number of nitrogens with zero attached hydrogens (tertiary/aromatic N) is 2. The van der Waals surface area contributed by atoms with E-state index < -0.39 is 14.6 Å². The summed E-state index contributed by atoms with van der Waals surface area (Å²) in [7, 11) is -3.18. The van der Waals surface area contributed by atoms with Crippen molar-refractivity contribution in [1.82, 2.24) is 14.9 Å². The number of nitrogens with one attached hydrogen (secondary N) is 1. The predicted molar refractivity (Wildman–Crippen MR) is 80.3 cm³/mol. The van der Waals surface area contributed by atoms with Gasteiger partial charge in [-0.15, -0.1) is 0 Å². The Labute approximate surface area is 130 Å². The van der Waals surface area contributed by atoms with Crippen LogP contribution in [0.25, 0.3) is 0 Å². The van der Waals surface area contributed by atoms with Crippen LogP contribution in [0.15, 0.2) is 6.33 Å². The normalized spacial score (nSPS) is 25.4. The van der Waals surface area contributed by atoms with E-state index in [1.807, 2.05) is 6.92 Å². The molecule has 0 aromatic carbocycles. The second-order valence-electron chi connectivity index (χ2n) is 6.07. The van der Waals surface area contributed by atoms with Crippen LogP contribution in [0.1, 0.15) is 29.5 Å². The largest absolute Gasteiger partial charge is 0.381 e. The molecule has 1 aromatic heterocycles. The summed E-state index contributed by atoms with van der Waals surface area (Å²) in [6.45, 7) is 5.18. The van der Waals surface area contributed by atoms with Crippen LogP contribution in [0, 0.1) is 12.8 Å². The van der Waals surface area contributed by atoms with E-state index in [0.717, 1.165) is 0 Å². The van der Waals surface area contributed by atoms with Gasteiger partial charge in [-0.05, 0) is 20.3 Å². The van der Waals surface area contributed by atoms with Gasteiger partial charge in [-0.25, -0.2) is 13.4 Å². The van der Waals surface area contributed by atoms with Crippen LogP contribution in [-0.2, 0) is 14.6 Å². The molecule has 0 bridgehead atoms. The molecule has 8 heteroatoms. The van der Waals surface area contributed by atoms with E-state index in [4.69, 9.17) is 4.74 Å². The molecular weight excluding hydrogens is 306 g/mol. The Balaban J connectivity index is 1.76. The Bertz CT molecular complexity index is 676. The zero-order chi connectivity index (χ0) is 16.0. The zero-order valence-corrected chi connectivity index (χ0v) is 13.6. The van der Waals surface area contributed by atoms with Crippen LogP contribution in [0.4, 0.5) is 0 Å². The maximum absolute atomic E-state index is 12.4. The molecule has 122 valence electrons. The van der Waals surface area contributed by atoms with E-state index >= 15 is 0 Å². The SMILES string of the molecule is CCOC[C@@H]1CCS(=O)(=O)C12CN(C(=O)c1nc[nH]c1C)C2. The lowest BCUT2D eigenvalue weighted by Crippen LogP contribution is -2.68. The van der Waals surface area contributed by atoms with Crippen molar-refractivity contribution in [1.29, 1.82) is 0 Å². The zero-order valence-electron chi connectivity index (χ0n) is 12.8. The number of aromatic nitrogens is 2. The highest BCUT2D eigenvalue weighted by Gasteiger charge is 2.62. The van der Waals surface area contributed by atoms with E-state index in [1.165, 1.54) is 6.33 Å². The van der Waals surface area contributed by atoms with Crippen molar-refractivity contribution in [3.05, 3.63) is 17.7 Å². The summed E-state index contributed by atoms with van der Waals surface area (Å²) < 4.78 is 29.5. The van der Waals surface area contributed by atoms with E-state index in [1.54, 1.807) is 11.8 Å². The number of H-pyrrole nitrogens is 1. The van der Waals surface area contributed by atoms with E-state index in [0.29, 0.717) is 31.0 Å². The number of rotatable bonds is 4. The minimum atomic E-state index is -3.18. The first-order chi connectivity index (χ1) is 10.4. The number of aryl methyl sites for hydroxylation is 1. The van der Waals surface area contributed by atoms with Crippen molar-refractivity contribution in [2.24, 2.45) is 5.92 Å². The van der Waals surface area contributed by atoms with Crippen molar-refractivity contribution >= 4 is 15.7 Å². The minimum absolute atomic E-state index is 0.0261. The van der Waals surface area contributed by atoms with Crippen molar-refractivity contribution in [2.75, 3.05) is 32.1 Å². The third-order valence-electron chi connectivity index (χ3n) is 4.86. The van der Waals surface area contributed by atoms with Gasteiger partial charge in [0.05, 0.1) is 18.7 Å². The fourth-order valence-electron chi connectivity index (χ4n) is 3.44. The molecule has 2 aliphatic heterocycles. The monoisotopic (exact) mass is 327 g/mol. The maximum atomic E-state index is 12.4. The molecule has 0 unspecified atom stereocenters. The number of sulfone groups is 1. The van der Waals surface area contributed by atoms with Gasteiger partial charge in [0.1, 0.15) is 10.4 Å². The number of carbonyl (C=O) groups is 1. The molecule has 1 N–H and O–H groups in total. The standard InChI is InChI=1S/C14H21N3O4S/c1-3-21-6-11-4-5-22(19,20)14(11)7-17(8-14)13(18)12-10(2)15-9-16-12/h9,11H,3-8H2,1-2H3,(H,15,16)/t11-/m0/s1. The van der Waals surface area contributed by atoms with Crippen LogP contribution in [-0.4, -0.2) is 66.0 Å². The molecule has 1 aromatic rings. The lowest BCUT2D eigenvalue weighted by molar-refractivity contribution is 0.0267. The number of hydrogen-bond acceptors (Lipinski definition) is 5. The van der Waals surface area contributed by atoms with E-state index in [-0.39, 0.29) is 30.7 Å². The van der Waals surface area contributed by atoms with Gasteiger partial charge in [0, 0.05) is 31.3 Å². The van der Waals surface area contributed by atoms with Gasteiger partial charge >= 0.3 is 0 Å². The molecule has 0 radical (unpaired) electrons. The fraction of sp³-hybridized carbons (Fsp3) is 0.714. The van der Waals surface area contributed by atoms with Gasteiger partial charge in [0.15, 0.2) is 9.84 Å². The third-order valence-corrected chi connectivity index (χ3v) is 7.46. The van der Waals surface area contributed by atoms with Crippen LogP contribution < -0.4 is 0 Å². The fourth-order valence-corrected chi connectivity index (χ4v) is 5.84. The molecule has 2 aliphatic rings. The molecule has 2 fully saturated rings. The predicted octanol–water partition coefficient (Wildman–Crippen LogP) is 0.384. The molecule has 22 heavy (non-hydrogen) atoms. The maximum Gasteiger partial charge on any atom is 0.274 e. The molecule has 1 spiro atoms. The molecule has 2 saturated heterocycles. The highest BCUT2D eigenvalue weighted by molar-refractivity contribution is 7.93. The first-order valence-corrected chi connectivity index (χ1v) is 9.16. The third kappa shape index (κ3) is 2.16. The number of amides is 1. The summed E-state index contributed by atoms with van der Waals surface area (Å²) in [5.74, 6) is -0.0443. The highest BCUT2D eigenvalue weighted by Crippen LogP contribution is 2.45. The van der Waals surface area contributed by atoms with E-state index in [9.17, 15) is 13.2 Å². The molecular formula is C14H21N3O4S. The van der Waals surface area contributed by atoms with Crippen molar-refractivity contribution in [2.45, 2.75) is 25.0 Å². The first-order valence-electron chi connectivity index (χ1n) is 7.50. The molecule has 3 heterocycles. The Morgan fingerprint density at radius 3 is 2.86 bits per heavy atom. The number of hydrogen-bond donors (Lipinski definition) is 1.